The van der Waals surface area contributed by atoms with Gasteiger partial charge >= 0.3 is 0 Å². The van der Waals surface area contributed by atoms with E-state index in [4.69, 9.17) is 11.5 Å². The van der Waals surface area contributed by atoms with Gasteiger partial charge in [0.25, 0.3) is 0 Å². The lowest BCUT2D eigenvalue weighted by atomic mass is 9.84. The van der Waals surface area contributed by atoms with Gasteiger partial charge in [-0.2, -0.15) is 0 Å². The molecule has 196 valence electrons. The molecular weight excluding hydrogens is 464 g/mol. The summed E-state index contributed by atoms with van der Waals surface area (Å²) in [5.41, 5.74) is 16.6. The summed E-state index contributed by atoms with van der Waals surface area (Å²) >= 11 is 0. The van der Waals surface area contributed by atoms with E-state index < -0.39 is 11.8 Å². The third-order valence-corrected chi connectivity index (χ3v) is 7.20. The van der Waals surface area contributed by atoms with Crippen LogP contribution in [-0.4, -0.2) is 45.8 Å². The second-order valence-corrected chi connectivity index (χ2v) is 10.5. The number of primary amides is 2. The van der Waals surface area contributed by atoms with Crippen molar-refractivity contribution in [3.8, 4) is 0 Å². The Balaban J connectivity index is 1.79. The Labute approximate surface area is 219 Å². The van der Waals surface area contributed by atoms with E-state index in [0.29, 0.717) is 11.1 Å². The van der Waals surface area contributed by atoms with Gasteiger partial charge in [0.05, 0.1) is 6.54 Å². The lowest BCUT2D eigenvalue weighted by Gasteiger charge is -2.41. The highest BCUT2D eigenvalue weighted by molar-refractivity contribution is 5.96. The standard InChI is InChI=1S/C29H38N6O2/c1-18(2)26-23(29(31)37)8-9-24(27(26)19(3)4)35(22-7-5-6-20(16-22)28(30)36)21-10-14-34(15-11-21)17-25-32-12-13-33-25/h5-9,12-13,16,18-19,21H,10-11,14-15,17H2,1-4H3,(H2,30,36)(H2,31,37)(H,32,33). The van der Waals surface area contributed by atoms with Gasteiger partial charge in [-0.1, -0.05) is 33.8 Å². The number of rotatable bonds is 9. The Hall–Kier alpha value is -3.65. The summed E-state index contributed by atoms with van der Waals surface area (Å²) in [5, 5.41) is 0. The minimum Gasteiger partial charge on any atom is -0.366 e. The van der Waals surface area contributed by atoms with Gasteiger partial charge in [0.15, 0.2) is 0 Å². The summed E-state index contributed by atoms with van der Waals surface area (Å²) in [6.07, 6.45) is 5.51. The molecule has 2 heterocycles. The fourth-order valence-corrected chi connectivity index (χ4v) is 5.57. The van der Waals surface area contributed by atoms with E-state index in [2.05, 4.69) is 47.5 Å². The molecule has 0 bridgehead atoms. The van der Waals surface area contributed by atoms with Crippen molar-refractivity contribution in [3.05, 3.63) is 76.9 Å². The molecule has 8 nitrogen and oxygen atoms in total. The number of imidazole rings is 1. The summed E-state index contributed by atoms with van der Waals surface area (Å²) in [4.78, 5) is 36.8. The second-order valence-electron chi connectivity index (χ2n) is 10.5. The maximum atomic E-state index is 12.4. The molecule has 1 fully saturated rings. The number of nitrogens with zero attached hydrogens (tertiary/aromatic N) is 3. The van der Waals surface area contributed by atoms with Crippen LogP contribution in [0.1, 0.15) is 90.0 Å². The van der Waals surface area contributed by atoms with Crippen molar-refractivity contribution in [2.45, 2.75) is 65.0 Å². The number of benzene rings is 2. The maximum absolute atomic E-state index is 12.4. The van der Waals surface area contributed by atoms with Crippen molar-refractivity contribution in [3.63, 3.8) is 0 Å². The Bertz CT molecular complexity index is 1240. The van der Waals surface area contributed by atoms with Crippen molar-refractivity contribution in [1.29, 1.82) is 0 Å². The number of nitrogens with one attached hydrogen (secondary N) is 1. The first kappa shape index (κ1) is 26.4. The third-order valence-electron chi connectivity index (χ3n) is 7.20. The lowest BCUT2D eigenvalue weighted by molar-refractivity contribution is 0.0991. The average Bonchev–Trinajstić information content (AvgIpc) is 3.37. The SMILES string of the molecule is CC(C)c1c(C(N)=O)ccc(N(c2cccc(C(N)=O)c2)C2CCN(Cc3ncc[nH]3)CC2)c1C(C)C. The van der Waals surface area contributed by atoms with E-state index in [1.807, 2.05) is 36.5 Å². The number of hydrogen-bond acceptors (Lipinski definition) is 5. The van der Waals surface area contributed by atoms with Gasteiger partial charge < -0.3 is 21.4 Å². The van der Waals surface area contributed by atoms with Gasteiger partial charge in [-0.3, -0.25) is 14.5 Å². The van der Waals surface area contributed by atoms with Crippen LogP contribution in [0.4, 0.5) is 11.4 Å². The molecule has 0 radical (unpaired) electrons. The van der Waals surface area contributed by atoms with E-state index in [1.54, 1.807) is 12.3 Å². The molecule has 2 amide bonds. The van der Waals surface area contributed by atoms with E-state index in [9.17, 15) is 9.59 Å². The zero-order chi connectivity index (χ0) is 26.7. The first-order valence-electron chi connectivity index (χ1n) is 13.0. The minimum absolute atomic E-state index is 0.119. The van der Waals surface area contributed by atoms with Crippen LogP contribution >= 0.6 is 0 Å². The lowest BCUT2D eigenvalue weighted by Crippen LogP contribution is -2.43. The topological polar surface area (TPSA) is 121 Å². The van der Waals surface area contributed by atoms with Crippen molar-refractivity contribution in [1.82, 2.24) is 14.9 Å². The molecule has 37 heavy (non-hydrogen) atoms. The number of nitrogens with two attached hydrogens (primary N) is 2. The number of piperidine rings is 1. The molecule has 1 aromatic heterocycles. The number of aromatic amines is 1. The van der Waals surface area contributed by atoms with Gasteiger partial charge in [0.2, 0.25) is 11.8 Å². The zero-order valence-corrected chi connectivity index (χ0v) is 22.2. The van der Waals surface area contributed by atoms with Crippen LogP contribution in [0.5, 0.6) is 0 Å². The van der Waals surface area contributed by atoms with Gasteiger partial charge in [-0.25, -0.2) is 4.98 Å². The molecule has 2 aromatic carbocycles. The summed E-state index contributed by atoms with van der Waals surface area (Å²) in [6.45, 7) is 11.1. The first-order chi connectivity index (χ1) is 17.7. The summed E-state index contributed by atoms with van der Waals surface area (Å²) in [7, 11) is 0. The molecule has 0 saturated carbocycles. The van der Waals surface area contributed by atoms with E-state index in [0.717, 1.165) is 60.8 Å². The van der Waals surface area contributed by atoms with Crippen molar-refractivity contribution < 1.29 is 9.59 Å². The van der Waals surface area contributed by atoms with Gasteiger partial charge in [-0.05, 0) is 66.1 Å². The highest BCUT2D eigenvalue weighted by atomic mass is 16.1. The van der Waals surface area contributed by atoms with E-state index in [1.165, 1.54) is 0 Å². The van der Waals surface area contributed by atoms with Gasteiger partial charge in [0, 0.05) is 54.0 Å². The molecule has 8 heteroatoms. The number of aromatic nitrogens is 2. The molecule has 0 aliphatic carbocycles. The summed E-state index contributed by atoms with van der Waals surface area (Å²) in [6, 6.07) is 11.6. The molecule has 0 unspecified atom stereocenters. The first-order valence-corrected chi connectivity index (χ1v) is 13.0. The number of H-pyrrole nitrogens is 1. The number of likely N-dealkylation sites (tertiary alicyclic amines) is 1. The normalized spacial score (nSPS) is 14.9. The van der Waals surface area contributed by atoms with Crippen LogP contribution in [0.25, 0.3) is 0 Å². The minimum atomic E-state index is -0.453. The molecule has 5 N–H and O–H groups in total. The smallest absolute Gasteiger partial charge is 0.248 e. The molecule has 3 aromatic rings. The Morgan fingerprint density at radius 1 is 1.03 bits per heavy atom. The Morgan fingerprint density at radius 2 is 1.73 bits per heavy atom. The third kappa shape index (κ3) is 5.69. The maximum Gasteiger partial charge on any atom is 0.248 e. The van der Waals surface area contributed by atoms with Crippen LogP contribution in [0, 0.1) is 0 Å². The summed E-state index contributed by atoms with van der Waals surface area (Å²) in [5.74, 6) is 0.383. The summed E-state index contributed by atoms with van der Waals surface area (Å²) < 4.78 is 0. The monoisotopic (exact) mass is 502 g/mol. The van der Waals surface area contributed by atoms with Crippen molar-refractivity contribution >= 4 is 23.2 Å². The van der Waals surface area contributed by atoms with Crippen LogP contribution in [0.15, 0.2) is 48.8 Å². The number of hydrogen-bond donors (Lipinski definition) is 3. The number of amides is 2. The molecule has 0 atom stereocenters. The van der Waals surface area contributed by atoms with Gasteiger partial charge in [-0.15, -0.1) is 0 Å². The van der Waals surface area contributed by atoms with Crippen LogP contribution in [-0.2, 0) is 6.54 Å². The molecular formula is C29H38N6O2. The predicted octanol–water partition coefficient (Wildman–Crippen LogP) is 4.66. The highest BCUT2D eigenvalue weighted by Crippen LogP contribution is 2.42. The zero-order valence-electron chi connectivity index (χ0n) is 22.2. The average molecular weight is 503 g/mol. The van der Waals surface area contributed by atoms with Crippen LogP contribution in [0.2, 0.25) is 0 Å². The van der Waals surface area contributed by atoms with Crippen LogP contribution < -0.4 is 16.4 Å². The molecule has 1 aliphatic rings. The quantitative estimate of drug-likeness (QED) is 0.393. The Kier molecular flexibility index (Phi) is 7.97. The fraction of sp³-hybridized carbons (Fsp3) is 0.414. The molecule has 1 aliphatic heterocycles. The second kappa shape index (κ2) is 11.2. The molecule has 1 saturated heterocycles. The van der Waals surface area contributed by atoms with Gasteiger partial charge in [0.1, 0.15) is 5.82 Å². The number of carbonyl (C=O) groups is 2. The molecule has 4 rings (SSSR count). The van der Waals surface area contributed by atoms with E-state index in [-0.39, 0.29) is 17.9 Å². The highest BCUT2D eigenvalue weighted by Gasteiger charge is 2.31. The van der Waals surface area contributed by atoms with Crippen molar-refractivity contribution in [2.24, 2.45) is 11.5 Å². The van der Waals surface area contributed by atoms with Crippen molar-refractivity contribution in [2.75, 3.05) is 18.0 Å². The number of carbonyl (C=O) groups excluding carboxylic acids is 2. The van der Waals surface area contributed by atoms with Crippen LogP contribution in [0.3, 0.4) is 0 Å². The molecule has 0 spiro atoms. The predicted molar refractivity (Wildman–Crippen MR) is 147 cm³/mol. The van der Waals surface area contributed by atoms with E-state index >= 15 is 0 Å². The largest absolute Gasteiger partial charge is 0.366 e. The Morgan fingerprint density at radius 3 is 2.30 bits per heavy atom. The fourth-order valence-electron chi connectivity index (χ4n) is 5.57. The number of anilines is 2.